The smallest absolute Gasteiger partial charge is 0.405 e. The van der Waals surface area contributed by atoms with E-state index in [-0.39, 0.29) is 12.5 Å². The molecular formula is C19H22N2O5. The van der Waals surface area contributed by atoms with Crippen molar-refractivity contribution in [3.8, 4) is 5.75 Å². The summed E-state index contributed by atoms with van der Waals surface area (Å²) in [4.78, 5) is 23.3. The van der Waals surface area contributed by atoms with Crippen molar-refractivity contribution in [1.82, 2.24) is 5.32 Å². The third kappa shape index (κ3) is 5.49. The van der Waals surface area contributed by atoms with Crippen molar-refractivity contribution in [2.75, 3.05) is 19.0 Å². The lowest BCUT2D eigenvalue weighted by Crippen LogP contribution is -2.27. The lowest BCUT2D eigenvalue weighted by molar-refractivity contribution is 0.102. The molecule has 0 aliphatic heterocycles. The van der Waals surface area contributed by atoms with E-state index in [1.165, 1.54) is 0 Å². The second-order valence-electron chi connectivity index (χ2n) is 5.68. The zero-order valence-electron chi connectivity index (χ0n) is 14.4. The molecule has 0 fully saturated rings. The number of nitrogens with one attached hydrogen (secondary N) is 2. The molecule has 2 rings (SSSR count). The number of ether oxygens (including phenoxy) is 1. The second kappa shape index (κ2) is 9.43. The minimum Gasteiger partial charge on any atom is -0.497 e. The summed E-state index contributed by atoms with van der Waals surface area (Å²) in [5.74, 6) is 0.387. The maximum atomic E-state index is 12.3. The molecule has 7 heteroatoms. The van der Waals surface area contributed by atoms with Gasteiger partial charge in [-0.05, 0) is 54.8 Å². The maximum absolute atomic E-state index is 12.3. The molecule has 0 aliphatic carbocycles. The Morgan fingerprint density at radius 3 is 2.50 bits per heavy atom. The number of amides is 2. The molecule has 26 heavy (non-hydrogen) atoms. The van der Waals surface area contributed by atoms with Gasteiger partial charge in [0.25, 0.3) is 5.91 Å². The maximum Gasteiger partial charge on any atom is 0.405 e. The van der Waals surface area contributed by atoms with Crippen LogP contribution in [0.4, 0.5) is 10.5 Å². The predicted molar refractivity (Wildman–Crippen MR) is 97.6 cm³/mol. The number of hydrogen-bond donors (Lipinski definition) is 4. The average Bonchev–Trinajstić information content (AvgIpc) is 2.65. The molecule has 0 bridgehead atoms. The largest absolute Gasteiger partial charge is 0.497 e. The van der Waals surface area contributed by atoms with Crippen LogP contribution in [0.1, 0.15) is 34.8 Å². The number of carbonyl (C=O) groups is 2. The minimum atomic E-state index is -1.14. The number of rotatable bonds is 8. The van der Waals surface area contributed by atoms with Crippen molar-refractivity contribution in [3.63, 3.8) is 0 Å². The first-order chi connectivity index (χ1) is 12.5. The number of aliphatic hydroxyl groups is 1. The molecule has 2 aromatic carbocycles. The molecular weight excluding hydrogens is 336 g/mol. The van der Waals surface area contributed by atoms with E-state index in [1.54, 1.807) is 55.6 Å². The lowest BCUT2D eigenvalue weighted by atomic mass is 10.0. The first-order valence-corrected chi connectivity index (χ1v) is 8.19. The molecule has 1 atom stereocenters. The van der Waals surface area contributed by atoms with Crippen LogP contribution in [-0.4, -0.2) is 35.9 Å². The van der Waals surface area contributed by atoms with Crippen LogP contribution in [-0.2, 0) is 0 Å². The highest BCUT2D eigenvalue weighted by Crippen LogP contribution is 2.22. The lowest BCUT2D eigenvalue weighted by Gasteiger charge is -2.18. The van der Waals surface area contributed by atoms with E-state index in [0.717, 1.165) is 0 Å². The summed E-state index contributed by atoms with van der Waals surface area (Å²) in [5, 5.41) is 23.2. The van der Waals surface area contributed by atoms with E-state index in [1.807, 2.05) is 0 Å². The van der Waals surface area contributed by atoms with Crippen LogP contribution in [0.3, 0.4) is 0 Å². The van der Waals surface area contributed by atoms with Crippen LogP contribution in [0, 0.1) is 0 Å². The Kier molecular flexibility index (Phi) is 6.99. The number of anilines is 1. The average molecular weight is 358 g/mol. The Hall–Kier alpha value is -3.06. The molecule has 0 saturated heterocycles. The zero-order valence-corrected chi connectivity index (χ0v) is 14.4. The van der Waals surface area contributed by atoms with Gasteiger partial charge in [-0.3, -0.25) is 4.79 Å². The van der Waals surface area contributed by atoms with Crippen LogP contribution in [0.15, 0.2) is 48.5 Å². The topological polar surface area (TPSA) is 108 Å². The summed E-state index contributed by atoms with van der Waals surface area (Å²) in [6.45, 7) is -0.0221. The number of carboxylic acid groups (broad SMARTS) is 1. The quantitative estimate of drug-likeness (QED) is 0.580. The summed E-state index contributed by atoms with van der Waals surface area (Å²) < 4.78 is 5.07. The van der Waals surface area contributed by atoms with Crippen molar-refractivity contribution in [1.29, 1.82) is 0 Å². The number of carbonyl (C=O) groups excluding carboxylic acids is 1. The summed E-state index contributed by atoms with van der Waals surface area (Å²) in [6, 6.07) is 13.2. The summed E-state index contributed by atoms with van der Waals surface area (Å²) in [7, 11) is 1.55. The van der Waals surface area contributed by atoms with E-state index in [9.17, 15) is 9.59 Å². The van der Waals surface area contributed by atoms with Crippen LogP contribution in [0.25, 0.3) is 0 Å². The van der Waals surface area contributed by atoms with Gasteiger partial charge in [0.2, 0.25) is 0 Å². The molecule has 0 radical (unpaired) electrons. The second-order valence-corrected chi connectivity index (χ2v) is 5.68. The van der Waals surface area contributed by atoms with Crippen LogP contribution in [0.2, 0.25) is 0 Å². The summed E-state index contributed by atoms with van der Waals surface area (Å²) in [6.07, 6.45) is -0.216. The van der Waals surface area contributed by atoms with Gasteiger partial charge in [-0.15, -0.1) is 0 Å². The Labute approximate surface area is 151 Å². The molecule has 0 heterocycles. The Morgan fingerprint density at radius 1 is 1.15 bits per heavy atom. The standard InChI is InChI=1S/C19H22N2O5/c1-26-16-9-7-13(8-10-16)18(23)20-15-5-2-4-14(12-15)17(6-3-11-22)21-19(24)25/h2,4-5,7-10,12,17,21-22H,3,6,11H2,1H3,(H,20,23)(H,24,25). The highest BCUT2D eigenvalue weighted by molar-refractivity contribution is 6.04. The zero-order chi connectivity index (χ0) is 18.9. The van der Waals surface area contributed by atoms with Gasteiger partial charge < -0.3 is 25.6 Å². The Balaban J connectivity index is 2.13. The van der Waals surface area contributed by atoms with Gasteiger partial charge in [-0.2, -0.15) is 0 Å². The fourth-order valence-electron chi connectivity index (χ4n) is 2.55. The van der Waals surface area contributed by atoms with Crippen molar-refractivity contribution >= 4 is 17.7 Å². The first kappa shape index (κ1) is 19.3. The molecule has 1 unspecified atom stereocenters. The van der Waals surface area contributed by atoms with Gasteiger partial charge in [0.1, 0.15) is 5.75 Å². The van der Waals surface area contributed by atoms with Crippen molar-refractivity contribution in [2.24, 2.45) is 0 Å². The van der Waals surface area contributed by atoms with Crippen LogP contribution >= 0.6 is 0 Å². The van der Waals surface area contributed by atoms with Gasteiger partial charge in [-0.25, -0.2) is 4.79 Å². The number of hydrogen-bond acceptors (Lipinski definition) is 4. The fraction of sp³-hybridized carbons (Fsp3) is 0.263. The monoisotopic (exact) mass is 358 g/mol. The molecule has 4 N–H and O–H groups in total. The molecule has 7 nitrogen and oxygen atoms in total. The minimum absolute atomic E-state index is 0.0221. The highest BCUT2D eigenvalue weighted by atomic mass is 16.5. The van der Waals surface area contributed by atoms with Gasteiger partial charge in [-0.1, -0.05) is 12.1 Å². The molecule has 138 valence electrons. The van der Waals surface area contributed by atoms with E-state index >= 15 is 0 Å². The number of aliphatic hydroxyl groups excluding tert-OH is 1. The Morgan fingerprint density at radius 2 is 1.88 bits per heavy atom. The molecule has 0 aromatic heterocycles. The van der Waals surface area contributed by atoms with Crippen molar-refractivity contribution in [3.05, 3.63) is 59.7 Å². The molecule has 0 saturated carbocycles. The Bertz CT molecular complexity index is 746. The van der Waals surface area contributed by atoms with Crippen molar-refractivity contribution < 1.29 is 24.5 Å². The van der Waals surface area contributed by atoms with E-state index in [4.69, 9.17) is 14.9 Å². The molecule has 2 amide bonds. The highest BCUT2D eigenvalue weighted by Gasteiger charge is 2.15. The molecule has 0 spiro atoms. The first-order valence-electron chi connectivity index (χ1n) is 8.19. The van der Waals surface area contributed by atoms with E-state index < -0.39 is 12.1 Å². The summed E-state index contributed by atoms with van der Waals surface area (Å²) >= 11 is 0. The van der Waals surface area contributed by atoms with E-state index in [2.05, 4.69) is 10.6 Å². The number of methoxy groups -OCH3 is 1. The van der Waals surface area contributed by atoms with Gasteiger partial charge >= 0.3 is 6.09 Å². The SMILES string of the molecule is COc1ccc(C(=O)Nc2cccc(C(CCCO)NC(=O)O)c2)cc1. The summed E-state index contributed by atoms with van der Waals surface area (Å²) in [5.41, 5.74) is 1.76. The third-order valence-corrected chi connectivity index (χ3v) is 3.85. The van der Waals surface area contributed by atoms with E-state index in [0.29, 0.717) is 35.4 Å². The number of benzene rings is 2. The predicted octanol–water partition coefficient (Wildman–Crippen LogP) is 3.03. The normalized spacial score (nSPS) is 11.5. The van der Waals surface area contributed by atoms with Crippen LogP contribution in [0.5, 0.6) is 5.75 Å². The molecule has 2 aromatic rings. The van der Waals surface area contributed by atoms with Gasteiger partial charge in [0, 0.05) is 17.9 Å². The van der Waals surface area contributed by atoms with Gasteiger partial charge in [0.15, 0.2) is 0 Å². The third-order valence-electron chi connectivity index (χ3n) is 3.85. The van der Waals surface area contributed by atoms with Gasteiger partial charge in [0.05, 0.1) is 13.2 Å². The van der Waals surface area contributed by atoms with Crippen molar-refractivity contribution in [2.45, 2.75) is 18.9 Å². The molecule has 0 aliphatic rings. The van der Waals surface area contributed by atoms with Crippen LogP contribution < -0.4 is 15.4 Å². The fourth-order valence-corrected chi connectivity index (χ4v) is 2.55.